The SMILES string of the molecule is CC1CCCC1N1CCCC(CN)C1. The van der Waals surface area contributed by atoms with Gasteiger partial charge in [0.1, 0.15) is 0 Å². The Bertz CT molecular complexity index is 181. The van der Waals surface area contributed by atoms with E-state index >= 15 is 0 Å². The molecule has 1 aliphatic carbocycles. The third-order valence-electron chi connectivity index (χ3n) is 4.17. The molecule has 2 aliphatic rings. The summed E-state index contributed by atoms with van der Waals surface area (Å²) < 4.78 is 0. The summed E-state index contributed by atoms with van der Waals surface area (Å²) in [5, 5.41) is 0. The molecule has 0 radical (unpaired) electrons. The van der Waals surface area contributed by atoms with Crippen molar-refractivity contribution in [1.29, 1.82) is 0 Å². The third kappa shape index (κ3) is 2.12. The Balaban J connectivity index is 1.90. The van der Waals surface area contributed by atoms with Gasteiger partial charge < -0.3 is 5.73 Å². The lowest BCUT2D eigenvalue weighted by Gasteiger charge is -2.38. The van der Waals surface area contributed by atoms with Crippen LogP contribution in [-0.4, -0.2) is 30.6 Å². The maximum Gasteiger partial charge on any atom is 0.0121 e. The molecule has 0 aromatic carbocycles. The molecule has 1 saturated heterocycles. The minimum Gasteiger partial charge on any atom is -0.330 e. The Morgan fingerprint density at radius 1 is 1.21 bits per heavy atom. The summed E-state index contributed by atoms with van der Waals surface area (Å²) in [5.74, 6) is 1.70. The lowest BCUT2D eigenvalue weighted by molar-refractivity contribution is 0.106. The van der Waals surface area contributed by atoms with Gasteiger partial charge in [-0.25, -0.2) is 0 Å². The third-order valence-corrected chi connectivity index (χ3v) is 4.17. The summed E-state index contributed by atoms with van der Waals surface area (Å²) >= 11 is 0. The first-order valence-electron chi connectivity index (χ1n) is 6.25. The summed E-state index contributed by atoms with van der Waals surface area (Å²) in [6, 6.07) is 0.879. The summed E-state index contributed by atoms with van der Waals surface area (Å²) in [6.07, 6.45) is 7.03. The van der Waals surface area contributed by atoms with E-state index in [0.717, 1.165) is 24.4 Å². The summed E-state index contributed by atoms with van der Waals surface area (Å²) in [7, 11) is 0. The molecule has 0 spiro atoms. The second kappa shape index (κ2) is 4.63. The molecule has 1 heterocycles. The fraction of sp³-hybridized carbons (Fsp3) is 1.00. The van der Waals surface area contributed by atoms with Gasteiger partial charge in [0.25, 0.3) is 0 Å². The van der Waals surface area contributed by atoms with Crippen LogP contribution in [0.2, 0.25) is 0 Å². The van der Waals surface area contributed by atoms with Crippen LogP contribution in [0.25, 0.3) is 0 Å². The molecule has 2 rings (SSSR count). The van der Waals surface area contributed by atoms with Gasteiger partial charge in [-0.1, -0.05) is 13.3 Å². The number of nitrogens with two attached hydrogens (primary N) is 1. The first-order chi connectivity index (χ1) is 6.81. The van der Waals surface area contributed by atoms with Crippen molar-refractivity contribution in [3.8, 4) is 0 Å². The van der Waals surface area contributed by atoms with Gasteiger partial charge in [0.15, 0.2) is 0 Å². The largest absolute Gasteiger partial charge is 0.330 e. The molecule has 0 amide bonds. The van der Waals surface area contributed by atoms with Gasteiger partial charge in [-0.3, -0.25) is 4.90 Å². The first kappa shape index (κ1) is 10.4. The predicted molar refractivity (Wildman–Crippen MR) is 60.2 cm³/mol. The van der Waals surface area contributed by atoms with Crippen molar-refractivity contribution in [1.82, 2.24) is 4.90 Å². The zero-order chi connectivity index (χ0) is 9.97. The minimum atomic E-state index is 0.775. The molecule has 1 aliphatic heterocycles. The van der Waals surface area contributed by atoms with E-state index in [1.54, 1.807) is 0 Å². The maximum atomic E-state index is 5.77. The molecule has 0 aromatic heterocycles. The maximum absolute atomic E-state index is 5.77. The van der Waals surface area contributed by atoms with E-state index < -0.39 is 0 Å². The fourth-order valence-electron chi connectivity index (χ4n) is 3.26. The van der Waals surface area contributed by atoms with Crippen LogP contribution in [0.15, 0.2) is 0 Å². The van der Waals surface area contributed by atoms with Gasteiger partial charge in [-0.05, 0) is 50.6 Å². The highest BCUT2D eigenvalue weighted by Gasteiger charge is 2.31. The van der Waals surface area contributed by atoms with Crippen LogP contribution in [0.5, 0.6) is 0 Å². The van der Waals surface area contributed by atoms with Crippen LogP contribution in [0.4, 0.5) is 0 Å². The van der Waals surface area contributed by atoms with Crippen molar-refractivity contribution < 1.29 is 0 Å². The Kier molecular flexibility index (Phi) is 3.45. The number of hydrogen-bond donors (Lipinski definition) is 1. The van der Waals surface area contributed by atoms with Crippen LogP contribution in [0.1, 0.15) is 39.0 Å². The van der Waals surface area contributed by atoms with Gasteiger partial charge in [0, 0.05) is 12.6 Å². The van der Waals surface area contributed by atoms with Crippen molar-refractivity contribution in [3.05, 3.63) is 0 Å². The second-order valence-electron chi connectivity index (χ2n) is 5.21. The van der Waals surface area contributed by atoms with Gasteiger partial charge in [-0.2, -0.15) is 0 Å². The highest BCUT2D eigenvalue weighted by atomic mass is 15.2. The highest BCUT2D eigenvalue weighted by molar-refractivity contribution is 4.86. The molecule has 82 valence electrons. The van der Waals surface area contributed by atoms with Crippen molar-refractivity contribution >= 4 is 0 Å². The number of piperidine rings is 1. The van der Waals surface area contributed by atoms with E-state index in [1.165, 1.54) is 45.2 Å². The van der Waals surface area contributed by atoms with Crippen LogP contribution < -0.4 is 5.73 Å². The number of hydrogen-bond acceptors (Lipinski definition) is 2. The molecule has 14 heavy (non-hydrogen) atoms. The van der Waals surface area contributed by atoms with E-state index in [1.807, 2.05) is 0 Å². The summed E-state index contributed by atoms with van der Waals surface area (Å²) in [5.41, 5.74) is 5.77. The Labute approximate surface area is 87.8 Å². The monoisotopic (exact) mass is 196 g/mol. The molecule has 2 heteroatoms. The zero-order valence-corrected chi connectivity index (χ0v) is 9.41. The molecular weight excluding hydrogens is 172 g/mol. The van der Waals surface area contributed by atoms with Crippen LogP contribution in [0.3, 0.4) is 0 Å². The van der Waals surface area contributed by atoms with E-state index in [9.17, 15) is 0 Å². The lowest BCUT2D eigenvalue weighted by Crippen LogP contribution is -2.45. The molecule has 2 nitrogen and oxygen atoms in total. The zero-order valence-electron chi connectivity index (χ0n) is 9.41. The Morgan fingerprint density at radius 3 is 2.71 bits per heavy atom. The number of nitrogens with zero attached hydrogens (tertiary/aromatic N) is 1. The summed E-state index contributed by atoms with van der Waals surface area (Å²) in [6.45, 7) is 5.90. The van der Waals surface area contributed by atoms with Crippen molar-refractivity contribution in [2.75, 3.05) is 19.6 Å². The lowest BCUT2D eigenvalue weighted by atomic mass is 9.94. The molecular formula is C12H24N2. The molecule has 2 fully saturated rings. The quantitative estimate of drug-likeness (QED) is 0.730. The van der Waals surface area contributed by atoms with Gasteiger partial charge in [-0.15, -0.1) is 0 Å². The van der Waals surface area contributed by atoms with Crippen molar-refractivity contribution in [2.24, 2.45) is 17.6 Å². The van der Waals surface area contributed by atoms with Crippen LogP contribution >= 0.6 is 0 Å². The van der Waals surface area contributed by atoms with Gasteiger partial charge in [0.2, 0.25) is 0 Å². The van der Waals surface area contributed by atoms with Gasteiger partial charge in [0.05, 0.1) is 0 Å². The fourth-order valence-corrected chi connectivity index (χ4v) is 3.26. The predicted octanol–water partition coefficient (Wildman–Crippen LogP) is 1.85. The molecule has 3 unspecified atom stereocenters. The standard InChI is InChI=1S/C12H24N2/c1-10-4-2-6-12(10)14-7-3-5-11(8-13)9-14/h10-12H,2-9,13H2,1H3. The minimum absolute atomic E-state index is 0.775. The van der Waals surface area contributed by atoms with E-state index in [4.69, 9.17) is 5.73 Å². The smallest absolute Gasteiger partial charge is 0.0121 e. The number of likely N-dealkylation sites (tertiary alicyclic amines) is 1. The normalized spacial score (nSPS) is 40.3. The highest BCUT2D eigenvalue weighted by Crippen LogP contribution is 2.31. The molecule has 2 N–H and O–H groups in total. The number of rotatable bonds is 2. The van der Waals surface area contributed by atoms with Crippen molar-refractivity contribution in [3.63, 3.8) is 0 Å². The summed E-state index contributed by atoms with van der Waals surface area (Å²) in [4.78, 5) is 2.72. The first-order valence-corrected chi connectivity index (χ1v) is 6.25. The topological polar surface area (TPSA) is 29.3 Å². The molecule has 1 saturated carbocycles. The second-order valence-corrected chi connectivity index (χ2v) is 5.21. The van der Waals surface area contributed by atoms with Crippen LogP contribution in [-0.2, 0) is 0 Å². The average Bonchev–Trinajstić information content (AvgIpc) is 2.65. The molecule has 3 atom stereocenters. The average molecular weight is 196 g/mol. The van der Waals surface area contributed by atoms with Gasteiger partial charge >= 0.3 is 0 Å². The Morgan fingerprint density at radius 2 is 2.07 bits per heavy atom. The Hall–Kier alpha value is -0.0800. The van der Waals surface area contributed by atoms with E-state index in [0.29, 0.717) is 0 Å². The molecule has 0 bridgehead atoms. The van der Waals surface area contributed by atoms with E-state index in [2.05, 4.69) is 11.8 Å². The van der Waals surface area contributed by atoms with E-state index in [-0.39, 0.29) is 0 Å². The molecule has 0 aromatic rings. The van der Waals surface area contributed by atoms with Crippen LogP contribution in [0, 0.1) is 11.8 Å². The van der Waals surface area contributed by atoms with Crippen molar-refractivity contribution in [2.45, 2.75) is 45.1 Å².